The van der Waals surface area contributed by atoms with E-state index >= 15 is 0 Å². The molecule has 0 aromatic carbocycles. The van der Waals surface area contributed by atoms with Crippen LogP contribution in [0.5, 0.6) is 0 Å². The Morgan fingerprint density at radius 1 is 1.29 bits per heavy atom. The lowest BCUT2D eigenvalue weighted by Gasteiger charge is -2.35. The van der Waals surface area contributed by atoms with Gasteiger partial charge in [0, 0.05) is 12.0 Å². The van der Waals surface area contributed by atoms with Crippen molar-refractivity contribution >= 4 is 17.8 Å². The molecule has 1 saturated carbocycles. The fraction of sp³-hybridized carbons (Fsp3) is 0.812. The van der Waals surface area contributed by atoms with Crippen molar-refractivity contribution in [2.75, 3.05) is 6.54 Å². The molecular weight excluding hydrogens is 270 g/mol. The van der Waals surface area contributed by atoms with Gasteiger partial charge < -0.3 is 4.74 Å². The Bertz CT molecular complexity index is 473. The minimum Gasteiger partial charge on any atom is -0.443 e. The molecule has 118 valence electrons. The number of imide groups is 1. The van der Waals surface area contributed by atoms with Crippen molar-refractivity contribution < 1.29 is 19.1 Å². The maximum Gasteiger partial charge on any atom is 0.417 e. The molecule has 1 aliphatic heterocycles. The zero-order chi connectivity index (χ0) is 16.0. The van der Waals surface area contributed by atoms with Gasteiger partial charge in [-0.25, -0.2) is 9.69 Å². The monoisotopic (exact) mass is 295 g/mol. The fourth-order valence-electron chi connectivity index (χ4n) is 2.72. The molecule has 2 aliphatic rings. The molecule has 0 radical (unpaired) electrons. The predicted octanol–water partition coefficient (Wildman–Crippen LogP) is 2.78. The van der Waals surface area contributed by atoms with Crippen molar-refractivity contribution in [3.05, 3.63) is 0 Å². The van der Waals surface area contributed by atoms with Gasteiger partial charge in [0.15, 0.2) is 5.78 Å². The number of hydrogen-bond donors (Lipinski definition) is 0. The van der Waals surface area contributed by atoms with Crippen molar-refractivity contribution in [3.8, 4) is 0 Å². The summed E-state index contributed by atoms with van der Waals surface area (Å²) in [5.41, 5.74) is -1.00. The third kappa shape index (κ3) is 3.44. The number of likely N-dealkylation sites (tertiary alicyclic amines) is 1. The average Bonchev–Trinajstić information content (AvgIpc) is 3.08. The van der Waals surface area contributed by atoms with Gasteiger partial charge in [0.25, 0.3) is 0 Å². The summed E-state index contributed by atoms with van der Waals surface area (Å²) in [5, 5.41) is 0. The molecule has 5 heteroatoms. The van der Waals surface area contributed by atoms with Crippen LogP contribution < -0.4 is 0 Å². The van der Waals surface area contributed by atoms with Gasteiger partial charge in [0.05, 0.1) is 5.92 Å². The lowest BCUT2D eigenvalue weighted by atomic mass is 9.81. The van der Waals surface area contributed by atoms with Crippen LogP contribution in [0.3, 0.4) is 0 Å². The van der Waals surface area contributed by atoms with Gasteiger partial charge in [-0.15, -0.1) is 0 Å². The van der Waals surface area contributed by atoms with Gasteiger partial charge in [-0.3, -0.25) is 9.59 Å². The number of nitrogens with zero attached hydrogens (tertiary/aromatic N) is 1. The minimum absolute atomic E-state index is 0.00684. The van der Waals surface area contributed by atoms with Gasteiger partial charge in [0.2, 0.25) is 5.91 Å². The Labute approximate surface area is 126 Å². The van der Waals surface area contributed by atoms with Crippen LogP contribution in [0.2, 0.25) is 0 Å². The summed E-state index contributed by atoms with van der Waals surface area (Å²) in [6.45, 7) is 9.47. The standard InChI is InChI=1S/C16H25NO4/c1-10-8-11(12(18)16(5)6-7-16)13(19)17(9-10)14(20)21-15(2,3)4/h10-11H,6-9H2,1-5H3. The molecule has 2 fully saturated rings. The molecule has 2 rings (SSSR count). The van der Waals surface area contributed by atoms with E-state index < -0.39 is 17.6 Å². The smallest absolute Gasteiger partial charge is 0.417 e. The van der Waals surface area contributed by atoms with E-state index in [2.05, 4.69) is 0 Å². The number of rotatable bonds is 2. The summed E-state index contributed by atoms with van der Waals surface area (Å²) in [6, 6.07) is 0. The first-order valence-corrected chi connectivity index (χ1v) is 7.62. The minimum atomic E-state index is -0.686. The average molecular weight is 295 g/mol. The molecule has 1 saturated heterocycles. The molecule has 0 spiro atoms. The van der Waals surface area contributed by atoms with Crippen molar-refractivity contribution in [1.29, 1.82) is 0 Å². The lowest BCUT2D eigenvalue weighted by Crippen LogP contribution is -2.52. The highest BCUT2D eigenvalue weighted by atomic mass is 16.6. The second kappa shape index (κ2) is 5.11. The third-order valence-electron chi connectivity index (χ3n) is 4.22. The van der Waals surface area contributed by atoms with Crippen molar-refractivity contribution in [2.24, 2.45) is 17.3 Å². The van der Waals surface area contributed by atoms with E-state index in [1.165, 1.54) is 0 Å². The summed E-state index contributed by atoms with van der Waals surface area (Å²) in [7, 11) is 0. The Balaban J connectivity index is 2.14. The van der Waals surface area contributed by atoms with Gasteiger partial charge in [-0.1, -0.05) is 13.8 Å². The summed E-state index contributed by atoms with van der Waals surface area (Å²) in [5.74, 6) is -0.964. The number of carbonyl (C=O) groups excluding carboxylic acids is 3. The molecule has 1 aliphatic carbocycles. The molecular formula is C16H25NO4. The van der Waals surface area contributed by atoms with Crippen LogP contribution in [-0.4, -0.2) is 34.8 Å². The molecule has 0 N–H and O–H groups in total. The van der Waals surface area contributed by atoms with Crippen molar-refractivity contribution in [2.45, 2.75) is 59.5 Å². The van der Waals surface area contributed by atoms with Gasteiger partial charge in [0.1, 0.15) is 5.60 Å². The van der Waals surface area contributed by atoms with E-state index in [0.29, 0.717) is 13.0 Å². The number of amides is 2. The molecule has 0 bridgehead atoms. The second-order valence-corrected chi connectivity index (χ2v) is 7.75. The van der Waals surface area contributed by atoms with E-state index in [9.17, 15) is 14.4 Å². The fourth-order valence-corrected chi connectivity index (χ4v) is 2.72. The molecule has 21 heavy (non-hydrogen) atoms. The van der Waals surface area contributed by atoms with E-state index in [0.717, 1.165) is 17.7 Å². The zero-order valence-corrected chi connectivity index (χ0v) is 13.6. The molecule has 1 heterocycles. The van der Waals surface area contributed by atoms with E-state index in [1.807, 2.05) is 13.8 Å². The summed E-state index contributed by atoms with van der Waals surface area (Å²) in [4.78, 5) is 38.3. The summed E-state index contributed by atoms with van der Waals surface area (Å²) in [6.07, 6.45) is 1.58. The first-order chi connectivity index (χ1) is 9.53. The predicted molar refractivity (Wildman–Crippen MR) is 77.6 cm³/mol. The molecule has 2 atom stereocenters. The van der Waals surface area contributed by atoms with Crippen molar-refractivity contribution in [3.63, 3.8) is 0 Å². The van der Waals surface area contributed by atoms with Crippen LogP contribution in [0.25, 0.3) is 0 Å². The van der Waals surface area contributed by atoms with Crippen LogP contribution >= 0.6 is 0 Å². The quantitative estimate of drug-likeness (QED) is 0.735. The summed E-state index contributed by atoms with van der Waals surface area (Å²) < 4.78 is 5.28. The van der Waals surface area contributed by atoms with E-state index in [-0.39, 0.29) is 23.0 Å². The van der Waals surface area contributed by atoms with Gasteiger partial charge in [-0.05, 0) is 46.0 Å². The molecule has 0 aromatic heterocycles. The highest BCUT2D eigenvalue weighted by Gasteiger charge is 2.52. The Hall–Kier alpha value is -1.39. The molecule has 2 amide bonds. The highest BCUT2D eigenvalue weighted by Crippen LogP contribution is 2.49. The van der Waals surface area contributed by atoms with Crippen LogP contribution in [0, 0.1) is 17.3 Å². The second-order valence-electron chi connectivity index (χ2n) is 7.75. The normalized spacial score (nSPS) is 28.2. The third-order valence-corrected chi connectivity index (χ3v) is 4.22. The largest absolute Gasteiger partial charge is 0.443 e. The van der Waals surface area contributed by atoms with Gasteiger partial charge in [-0.2, -0.15) is 0 Å². The molecule has 0 aromatic rings. The molecule has 2 unspecified atom stereocenters. The van der Waals surface area contributed by atoms with Crippen LogP contribution in [0.1, 0.15) is 53.9 Å². The highest BCUT2D eigenvalue weighted by molar-refractivity contribution is 6.09. The van der Waals surface area contributed by atoms with Gasteiger partial charge >= 0.3 is 6.09 Å². The maximum absolute atomic E-state index is 12.5. The lowest BCUT2D eigenvalue weighted by molar-refractivity contribution is -0.146. The van der Waals surface area contributed by atoms with E-state index in [1.54, 1.807) is 20.8 Å². The topological polar surface area (TPSA) is 63.7 Å². The van der Waals surface area contributed by atoms with Crippen LogP contribution in [-0.2, 0) is 14.3 Å². The maximum atomic E-state index is 12.5. The van der Waals surface area contributed by atoms with Crippen molar-refractivity contribution in [1.82, 2.24) is 4.90 Å². The van der Waals surface area contributed by atoms with Crippen LogP contribution in [0.15, 0.2) is 0 Å². The number of ketones is 1. The number of piperidine rings is 1. The van der Waals surface area contributed by atoms with Crippen LogP contribution in [0.4, 0.5) is 4.79 Å². The number of Topliss-reactive ketones (excluding diaryl/α,β-unsaturated/α-hetero) is 1. The number of carbonyl (C=O) groups is 3. The number of hydrogen-bond acceptors (Lipinski definition) is 4. The SMILES string of the molecule is CC1CC(C(=O)C2(C)CC2)C(=O)N(C(=O)OC(C)(C)C)C1. The van der Waals surface area contributed by atoms with E-state index in [4.69, 9.17) is 4.74 Å². The first-order valence-electron chi connectivity index (χ1n) is 7.62. The molecule has 5 nitrogen and oxygen atoms in total. The Morgan fingerprint density at radius 3 is 2.33 bits per heavy atom. The zero-order valence-electron chi connectivity index (χ0n) is 13.6. The Kier molecular flexibility index (Phi) is 3.89. The first kappa shape index (κ1) is 16.0. The summed E-state index contributed by atoms with van der Waals surface area (Å²) >= 11 is 0. The Morgan fingerprint density at radius 2 is 1.86 bits per heavy atom. The number of ether oxygens (including phenoxy) is 1.